The highest BCUT2D eigenvalue weighted by Gasteiger charge is 2.21. The van der Waals surface area contributed by atoms with Crippen molar-refractivity contribution in [1.29, 1.82) is 0 Å². The van der Waals surface area contributed by atoms with Gasteiger partial charge in [-0.1, -0.05) is 53.8 Å². The molecule has 4 nitrogen and oxygen atoms in total. The molecule has 29 heavy (non-hydrogen) atoms. The lowest BCUT2D eigenvalue weighted by Crippen LogP contribution is -3.06. The summed E-state index contributed by atoms with van der Waals surface area (Å²) in [6, 6.07) is 18.7. The molecule has 1 heterocycles. The van der Waals surface area contributed by atoms with Crippen LogP contribution in [0.1, 0.15) is 5.56 Å². The fraction of sp³-hybridized carbons (Fsp3) is 0.217. The predicted octanol–water partition coefficient (Wildman–Crippen LogP) is 3.31. The third-order valence-electron chi connectivity index (χ3n) is 4.93. The monoisotopic (exact) mass is 408 g/mol. The van der Waals surface area contributed by atoms with Gasteiger partial charge in [0.2, 0.25) is 5.91 Å². The number of hydrogen-bond donors (Lipinski definition) is 1. The highest BCUT2D eigenvalue weighted by atomic mass is 32.1. The molecule has 6 heteroatoms. The first-order chi connectivity index (χ1) is 14.0. The molecule has 0 spiro atoms. The van der Waals surface area contributed by atoms with Crippen LogP contribution in [0.5, 0.6) is 0 Å². The largest absolute Gasteiger partial charge is 0.338 e. The summed E-state index contributed by atoms with van der Waals surface area (Å²) >= 11 is 1.36. The van der Waals surface area contributed by atoms with Gasteiger partial charge in [-0.3, -0.25) is 9.69 Å². The summed E-state index contributed by atoms with van der Waals surface area (Å²) < 4.78 is 14.3. The molecule has 1 aromatic heterocycles. The lowest BCUT2D eigenvalue weighted by Gasteiger charge is -2.21. The molecule has 3 aromatic carbocycles. The Kier molecular flexibility index (Phi) is 5.56. The Hall–Kier alpha value is -2.83. The van der Waals surface area contributed by atoms with Crippen molar-refractivity contribution in [3.05, 3.63) is 72.0 Å². The maximum Gasteiger partial charge on any atom is 0.233 e. The summed E-state index contributed by atoms with van der Waals surface area (Å²) in [6.45, 7) is 1.36. The molecule has 1 N–H and O–H groups in total. The van der Waals surface area contributed by atoms with Crippen LogP contribution in [0.15, 0.2) is 60.7 Å². The minimum absolute atomic E-state index is 0.00197. The molecule has 0 bridgehead atoms. The summed E-state index contributed by atoms with van der Waals surface area (Å²) in [7, 11) is 4.11. The minimum atomic E-state index is -0.293. The number of quaternary nitrogens is 1. The first-order valence-corrected chi connectivity index (χ1v) is 10.4. The molecule has 0 saturated heterocycles. The molecule has 0 fully saturated rings. The van der Waals surface area contributed by atoms with Crippen LogP contribution < -0.4 is 9.80 Å². The Morgan fingerprint density at radius 1 is 1.10 bits per heavy atom. The molecule has 0 saturated carbocycles. The second-order valence-corrected chi connectivity index (χ2v) is 8.44. The Morgan fingerprint density at radius 2 is 1.90 bits per heavy atom. The number of hydrogen-bond acceptors (Lipinski definition) is 3. The number of thiazole rings is 1. The van der Waals surface area contributed by atoms with Crippen molar-refractivity contribution in [3.8, 4) is 0 Å². The Labute approximate surface area is 173 Å². The maximum absolute atomic E-state index is 13.6. The van der Waals surface area contributed by atoms with Gasteiger partial charge in [-0.25, -0.2) is 9.37 Å². The second-order valence-electron chi connectivity index (χ2n) is 7.43. The van der Waals surface area contributed by atoms with Crippen molar-refractivity contribution in [1.82, 2.24) is 4.98 Å². The van der Waals surface area contributed by atoms with Crippen LogP contribution in [-0.2, 0) is 11.2 Å². The molecule has 0 aliphatic rings. The van der Waals surface area contributed by atoms with Gasteiger partial charge in [0.25, 0.3) is 0 Å². The van der Waals surface area contributed by atoms with Gasteiger partial charge < -0.3 is 4.90 Å². The van der Waals surface area contributed by atoms with Crippen LogP contribution >= 0.6 is 11.3 Å². The summed E-state index contributed by atoms with van der Waals surface area (Å²) in [5.74, 6) is -0.291. The van der Waals surface area contributed by atoms with Crippen LogP contribution in [0.4, 0.5) is 9.52 Å². The molecular weight excluding hydrogens is 385 g/mol. The van der Waals surface area contributed by atoms with Gasteiger partial charge in [-0.15, -0.1) is 0 Å². The van der Waals surface area contributed by atoms with Gasteiger partial charge in [-0.05, 0) is 34.5 Å². The molecule has 0 atom stereocenters. The van der Waals surface area contributed by atoms with Gasteiger partial charge in [0.1, 0.15) is 5.82 Å². The quantitative estimate of drug-likeness (QED) is 0.532. The number of carbonyl (C=O) groups is 1. The van der Waals surface area contributed by atoms with Gasteiger partial charge in [0.15, 0.2) is 5.13 Å². The highest BCUT2D eigenvalue weighted by molar-refractivity contribution is 7.22. The summed E-state index contributed by atoms with van der Waals surface area (Å²) in [5, 5.41) is 2.84. The van der Waals surface area contributed by atoms with Crippen molar-refractivity contribution < 1.29 is 14.1 Å². The van der Waals surface area contributed by atoms with Crippen LogP contribution in [0, 0.1) is 5.82 Å². The molecular formula is C23H23FN3OS+. The Balaban J connectivity index is 1.67. The number of nitrogens with zero attached hydrogens (tertiary/aromatic N) is 2. The fourth-order valence-electron chi connectivity index (χ4n) is 3.37. The van der Waals surface area contributed by atoms with E-state index in [0.29, 0.717) is 23.6 Å². The van der Waals surface area contributed by atoms with E-state index in [-0.39, 0.29) is 11.7 Å². The molecule has 4 rings (SSSR count). The van der Waals surface area contributed by atoms with Gasteiger partial charge in [0, 0.05) is 0 Å². The number of aromatic nitrogens is 1. The molecule has 0 aliphatic carbocycles. The van der Waals surface area contributed by atoms with Crippen LogP contribution in [0.3, 0.4) is 0 Å². The lowest BCUT2D eigenvalue weighted by atomic mass is 10.0. The molecule has 0 aliphatic heterocycles. The zero-order valence-corrected chi connectivity index (χ0v) is 17.3. The molecule has 0 radical (unpaired) electrons. The fourth-order valence-corrected chi connectivity index (χ4v) is 4.40. The van der Waals surface area contributed by atoms with Gasteiger partial charge in [-0.2, -0.15) is 0 Å². The average Bonchev–Trinajstić information content (AvgIpc) is 3.11. The number of rotatable bonds is 6. The van der Waals surface area contributed by atoms with Crippen LogP contribution in [-0.4, -0.2) is 38.1 Å². The van der Waals surface area contributed by atoms with E-state index >= 15 is 0 Å². The SMILES string of the molecule is C[NH+](C)CCN(C(=O)Cc1cccc2ccccc12)c1nc2ccc(F)cc2s1. The molecule has 1 amide bonds. The summed E-state index contributed by atoms with van der Waals surface area (Å²) in [4.78, 5) is 20.9. The van der Waals surface area contributed by atoms with Crippen molar-refractivity contribution in [3.63, 3.8) is 0 Å². The van der Waals surface area contributed by atoms with E-state index in [4.69, 9.17) is 0 Å². The molecule has 4 aromatic rings. The number of halogens is 1. The predicted molar refractivity (Wildman–Crippen MR) is 117 cm³/mol. The maximum atomic E-state index is 13.6. The third-order valence-corrected chi connectivity index (χ3v) is 5.97. The third kappa shape index (κ3) is 4.28. The number of amides is 1. The zero-order valence-electron chi connectivity index (χ0n) is 16.5. The number of fused-ring (bicyclic) bond motifs is 2. The molecule has 148 valence electrons. The zero-order chi connectivity index (χ0) is 20.4. The smallest absolute Gasteiger partial charge is 0.233 e. The van der Waals surface area contributed by atoms with Crippen molar-refractivity contribution in [2.24, 2.45) is 0 Å². The minimum Gasteiger partial charge on any atom is -0.338 e. The van der Waals surface area contributed by atoms with E-state index in [0.717, 1.165) is 27.6 Å². The Morgan fingerprint density at radius 3 is 2.72 bits per heavy atom. The van der Waals surface area contributed by atoms with E-state index in [2.05, 4.69) is 31.2 Å². The van der Waals surface area contributed by atoms with Crippen molar-refractivity contribution in [2.45, 2.75) is 6.42 Å². The van der Waals surface area contributed by atoms with E-state index in [1.807, 2.05) is 30.3 Å². The topological polar surface area (TPSA) is 37.6 Å². The number of nitrogens with one attached hydrogen (secondary N) is 1. The van der Waals surface area contributed by atoms with Gasteiger partial charge >= 0.3 is 0 Å². The van der Waals surface area contributed by atoms with Crippen LogP contribution in [0.25, 0.3) is 21.0 Å². The van der Waals surface area contributed by atoms with Crippen molar-refractivity contribution in [2.75, 3.05) is 32.1 Å². The van der Waals surface area contributed by atoms with E-state index in [9.17, 15) is 9.18 Å². The van der Waals surface area contributed by atoms with Crippen LogP contribution in [0.2, 0.25) is 0 Å². The first kappa shape index (κ1) is 19.5. The van der Waals surface area contributed by atoms with E-state index in [1.54, 1.807) is 11.0 Å². The normalized spacial score (nSPS) is 11.4. The summed E-state index contributed by atoms with van der Waals surface area (Å²) in [5.41, 5.74) is 1.72. The second kappa shape index (κ2) is 8.27. The standard InChI is InChI=1S/C23H22FN3OS/c1-26(2)12-13-27(23-25-20-11-10-18(24)15-21(20)29-23)22(28)14-17-8-5-7-16-6-3-4-9-19(16)17/h3-11,15H,12-14H2,1-2H3/p+1. The lowest BCUT2D eigenvalue weighted by molar-refractivity contribution is -0.856. The number of benzene rings is 3. The van der Waals surface area contributed by atoms with Gasteiger partial charge in [0.05, 0.1) is 43.8 Å². The average molecular weight is 409 g/mol. The summed E-state index contributed by atoms with van der Waals surface area (Å²) in [6.07, 6.45) is 0.300. The molecule has 0 unspecified atom stereocenters. The van der Waals surface area contributed by atoms with E-state index < -0.39 is 0 Å². The Bertz CT molecular complexity index is 1170. The number of carbonyl (C=O) groups excluding carboxylic acids is 1. The van der Waals surface area contributed by atoms with Crippen molar-refractivity contribution >= 4 is 43.4 Å². The number of likely N-dealkylation sites (N-methyl/N-ethyl adjacent to an activating group) is 1. The highest BCUT2D eigenvalue weighted by Crippen LogP contribution is 2.30. The van der Waals surface area contributed by atoms with E-state index in [1.165, 1.54) is 28.4 Å². The first-order valence-electron chi connectivity index (χ1n) is 9.63. The number of anilines is 1.